The van der Waals surface area contributed by atoms with Crippen LogP contribution in [0.5, 0.6) is 0 Å². The second-order valence-electron chi connectivity index (χ2n) is 15.1. The maximum Gasteiger partial charge on any atom is 0.160 e. The van der Waals surface area contributed by atoms with Crippen LogP contribution >= 0.6 is 0 Å². The van der Waals surface area contributed by atoms with Crippen molar-refractivity contribution in [2.75, 3.05) is 4.90 Å². The summed E-state index contributed by atoms with van der Waals surface area (Å²) in [5.41, 5.74) is 16.3. The van der Waals surface area contributed by atoms with Crippen molar-refractivity contribution in [1.29, 1.82) is 0 Å². The van der Waals surface area contributed by atoms with E-state index in [9.17, 15) is 0 Å². The number of anilines is 2. The molecule has 6 aromatic carbocycles. The molecule has 0 fully saturated rings. The number of fused-ring (bicyclic) bond motifs is 9. The Morgan fingerprint density at radius 3 is 2.12 bits per heavy atom. The van der Waals surface area contributed by atoms with E-state index in [1.807, 2.05) is 0 Å². The Bertz CT molecular complexity index is 2470. The normalized spacial score (nSPS) is 18.9. The third kappa shape index (κ3) is 3.90. The van der Waals surface area contributed by atoms with Crippen molar-refractivity contribution < 1.29 is 0 Å². The van der Waals surface area contributed by atoms with Crippen molar-refractivity contribution in [3.8, 4) is 33.8 Å². The van der Waals surface area contributed by atoms with Gasteiger partial charge in [0, 0.05) is 39.2 Å². The van der Waals surface area contributed by atoms with E-state index in [1.165, 1.54) is 50.3 Å². The number of benzene rings is 6. The Morgan fingerprint density at radius 1 is 0.551 bits per heavy atom. The van der Waals surface area contributed by atoms with Crippen LogP contribution in [-0.4, -0.2) is 9.97 Å². The summed E-state index contributed by atoms with van der Waals surface area (Å²) in [6, 6.07) is 51.1. The van der Waals surface area contributed by atoms with E-state index in [4.69, 9.17) is 9.97 Å². The largest absolute Gasteiger partial charge is 0.333 e. The maximum atomic E-state index is 5.24. The molecule has 10 rings (SSSR count). The van der Waals surface area contributed by atoms with Gasteiger partial charge in [0.25, 0.3) is 0 Å². The smallest absolute Gasteiger partial charge is 0.160 e. The van der Waals surface area contributed by atoms with E-state index in [1.54, 1.807) is 0 Å². The van der Waals surface area contributed by atoms with Gasteiger partial charge in [-0.25, -0.2) is 9.97 Å². The monoisotopic (exact) mass is 631 g/mol. The molecule has 0 bridgehead atoms. The number of hydrogen-bond donors (Lipinski definition) is 0. The highest BCUT2D eigenvalue weighted by atomic mass is 15.2. The molecule has 2 unspecified atom stereocenters. The zero-order valence-corrected chi connectivity index (χ0v) is 28.3. The minimum Gasteiger partial charge on any atom is -0.333 e. The number of para-hydroxylation sites is 1. The van der Waals surface area contributed by atoms with Crippen molar-refractivity contribution in [1.82, 2.24) is 9.97 Å². The van der Waals surface area contributed by atoms with Crippen molar-refractivity contribution in [3.05, 3.63) is 167 Å². The molecule has 0 N–H and O–H groups in total. The topological polar surface area (TPSA) is 29.0 Å². The minimum absolute atomic E-state index is 0.0315. The average molecular weight is 632 g/mol. The number of aromatic nitrogens is 2. The van der Waals surface area contributed by atoms with E-state index in [0.29, 0.717) is 5.92 Å². The van der Waals surface area contributed by atoms with Gasteiger partial charge in [0.2, 0.25) is 0 Å². The number of hydrogen-bond acceptors (Lipinski definition) is 3. The van der Waals surface area contributed by atoms with E-state index in [2.05, 4.69) is 172 Å². The van der Waals surface area contributed by atoms with Gasteiger partial charge in [-0.1, -0.05) is 137 Å². The molecule has 0 spiro atoms. The summed E-state index contributed by atoms with van der Waals surface area (Å²) in [5.74, 6) is 1.05. The predicted molar refractivity (Wildman–Crippen MR) is 202 cm³/mol. The first-order chi connectivity index (χ1) is 23.8. The van der Waals surface area contributed by atoms with Crippen LogP contribution in [0.25, 0.3) is 44.7 Å². The molecule has 0 radical (unpaired) electrons. The van der Waals surface area contributed by atoms with Crippen molar-refractivity contribution in [3.63, 3.8) is 0 Å². The summed E-state index contributed by atoms with van der Waals surface area (Å²) in [6.07, 6.45) is 0. The quantitative estimate of drug-likeness (QED) is 0.194. The van der Waals surface area contributed by atoms with Gasteiger partial charge < -0.3 is 4.90 Å². The molecule has 236 valence electrons. The lowest BCUT2D eigenvalue weighted by atomic mass is 9.74. The minimum atomic E-state index is -0.0770. The Hall–Kier alpha value is -5.54. The third-order valence-electron chi connectivity index (χ3n) is 11.7. The summed E-state index contributed by atoms with van der Waals surface area (Å²) in [6.45, 7) is 9.65. The second-order valence-corrected chi connectivity index (χ2v) is 15.1. The lowest BCUT2D eigenvalue weighted by Gasteiger charge is -2.30. The van der Waals surface area contributed by atoms with Crippen LogP contribution in [0.1, 0.15) is 67.5 Å². The summed E-state index contributed by atoms with van der Waals surface area (Å²) in [5, 5.41) is 1.06. The first-order valence-electron chi connectivity index (χ1n) is 17.4. The van der Waals surface area contributed by atoms with Gasteiger partial charge >= 0.3 is 0 Å². The van der Waals surface area contributed by atoms with Crippen molar-refractivity contribution >= 4 is 22.3 Å². The Kier molecular flexibility index (Phi) is 5.81. The Labute approximate surface area is 287 Å². The van der Waals surface area contributed by atoms with E-state index < -0.39 is 0 Å². The van der Waals surface area contributed by atoms with Gasteiger partial charge in [0.15, 0.2) is 5.82 Å². The molecule has 3 nitrogen and oxygen atoms in total. The Balaban J connectivity index is 1.19. The van der Waals surface area contributed by atoms with Gasteiger partial charge in [0.1, 0.15) is 0 Å². The lowest BCUT2D eigenvalue weighted by molar-refractivity contribution is 0.420. The molecular formula is C46H37N3. The molecule has 2 atom stereocenters. The first kappa shape index (κ1) is 28.5. The van der Waals surface area contributed by atoms with Crippen LogP contribution in [0, 0.1) is 0 Å². The van der Waals surface area contributed by atoms with E-state index in [0.717, 1.165) is 33.5 Å². The van der Waals surface area contributed by atoms with Crippen LogP contribution < -0.4 is 4.90 Å². The molecule has 1 aliphatic heterocycles. The fourth-order valence-electron chi connectivity index (χ4n) is 9.41. The first-order valence-corrected chi connectivity index (χ1v) is 17.4. The fraction of sp³-hybridized carbons (Fsp3) is 0.174. The van der Waals surface area contributed by atoms with Crippen LogP contribution in [0.4, 0.5) is 11.4 Å². The van der Waals surface area contributed by atoms with E-state index in [-0.39, 0.29) is 16.9 Å². The van der Waals surface area contributed by atoms with Gasteiger partial charge in [-0.2, -0.15) is 0 Å². The van der Waals surface area contributed by atoms with Crippen molar-refractivity contribution in [2.24, 2.45) is 0 Å². The van der Waals surface area contributed by atoms with Gasteiger partial charge in [-0.3, -0.25) is 0 Å². The molecule has 2 heterocycles. The fourth-order valence-corrected chi connectivity index (χ4v) is 9.41. The highest BCUT2D eigenvalue weighted by Gasteiger charge is 2.55. The van der Waals surface area contributed by atoms with Gasteiger partial charge in [-0.15, -0.1) is 0 Å². The van der Waals surface area contributed by atoms with E-state index >= 15 is 0 Å². The SMILES string of the molecule is CC1(C)c2ccccc2-c2cc3c(cc21)N(c1cccc(-c2nc(-c4ccccc4)c4ccccc4n2)c1)C1c2ccccc2C(C)(C)C31. The third-order valence-corrected chi connectivity index (χ3v) is 11.7. The number of nitrogens with zero attached hydrogens (tertiary/aromatic N) is 3. The lowest BCUT2D eigenvalue weighted by Crippen LogP contribution is -2.25. The zero-order chi connectivity index (χ0) is 33.1. The van der Waals surface area contributed by atoms with Gasteiger partial charge in [0.05, 0.1) is 17.3 Å². The van der Waals surface area contributed by atoms with Gasteiger partial charge in [-0.05, 0) is 74.7 Å². The average Bonchev–Trinajstić information content (AvgIpc) is 3.68. The Morgan fingerprint density at radius 2 is 1.27 bits per heavy atom. The molecular weight excluding hydrogens is 595 g/mol. The standard InChI is InChI=1S/C46H37N3/c1-45(2)36-22-11-8-19-31(36)34-26-35-40(27-38(34)45)49(43-32-20-9-12-23-37(32)46(3,4)41(35)43)30-18-14-17-29(25-30)44-47-39-24-13-10-21-33(39)42(48-44)28-15-6-5-7-16-28/h5-27,41,43H,1-4H3. The van der Waals surface area contributed by atoms with Crippen LogP contribution in [-0.2, 0) is 10.8 Å². The highest BCUT2D eigenvalue weighted by molar-refractivity contribution is 5.94. The molecule has 3 aliphatic rings. The summed E-state index contributed by atoms with van der Waals surface area (Å²) in [7, 11) is 0. The molecule has 0 saturated heterocycles. The molecule has 2 aliphatic carbocycles. The zero-order valence-electron chi connectivity index (χ0n) is 28.3. The summed E-state index contributed by atoms with van der Waals surface area (Å²) < 4.78 is 0. The van der Waals surface area contributed by atoms with Crippen molar-refractivity contribution in [2.45, 2.75) is 50.5 Å². The molecule has 0 amide bonds. The second kappa shape index (κ2) is 9.99. The molecule has 1 aromatic heterocycles. The molecule has 49 heavy (non-hydrogen) atoms. The summed E-state index contributed by atoms with van der Waals surface area (Å²) >= 11 is 0. The van der Waals surface area contributed by atoms with Crippen LogP contribution in [0.2, 0.25) is 0 Å². The predicted octanol–water partition coefficient (Wildman–Crippen LogP) is 11.5. The summed E-state index contributed by atoms with van der Waals surface area (Å²) in [4.78, 5) is 13.0. The van der Waals surface area contributed by atoms with Crippen LogP contribution in [0.15, 0.2) is 140 Å². The molecule has 7 aromatic rings. The molecule has 0 saturated carbocycles. The maximum absolute atomic E-state index is 5.24. The molecule has 3 heteroatoms. The number of rotatable bonds is 3. The van der Waals surface area contributed by atoms with Crippen LogP contribution in [0.3, 0.4) is 0 Å². The highest BCUT2D eigenvalue weighted by Crippen LogP contribution is 2.66.